The number of rotatable bonds is 4. The van der Waals surface area contributed by atoms with E-state index in [0.29, 0.717) is 10.9 Å². The number of aromatic hydroxyl groups is 1. The Labute approximate surface area is 168 Å². The first-order valence-electron chi connectivity index (χ1n) is 8.33. The molecule has 148 valence electrons. The molecular formula is C19H15ClN4O5. The summed E-state index contributed by atoms with van der Waals surface area (Å²) in [4.78, 5) is 51.2. The van der Waals surface area contributed by atoms with Gasteiger partial charge in [-0.05, 0) is 30.3 Å². The number of aromatic amines is 1. The van der Waals surface area contributed by atoms with Gasteiger partial charge in [-0.3, -0.25) is 30.0 Å². The lowest BCUT2D eigenvalue weighted by molar-refractivity contribution is -0.120. The Morgan fingerprint density at radius 1 is 1.00 bits per heavy atom. The number of hydrogen-bond donors (Lipinski definition) is 5. The number of carbonyl (C=O) groups excluding carboxylic acids is 3. The molecule has 9 nitrogen and oxygen atoms in total. The van der Waals surface area contributed by atoms with E-state index in [9.17, 15) is 24.3 Å². The summed E-state index contributed by atoms with van der Waals surface area (Å²) >= 11 is 5.76. The molecule has 1 aromatic heterocycles. The average molecular weight is 415 g/mol. The standard InChI is InChI=1S/C19H15ClN4O5/c20-10-5-6-15(25)12(7-10)19(29)24-23-16(26)9-22-18(28)13-8-21-14-4-2-1-3-11(14)17(13)27/h1-8,25H,9H2,(H,21,27)(H,22,28)(H,23,26)(H,24,29). The second-order valence-electron chi connectivity index (χ2n) is 5.92. The number of hydrazine groups is 1. The van der Waals surface area contributed by atoms with Crippen molar-refractivity contribution in [1.29, 1.82) is 0 Å². The summed E-state index contributed by atoms with van der Waals surface area (Å²) in [6.07, 6.45) is 1.27. The van der Waals surface area contributed by atoms with Crippen LogP contribution in [0.3, 0.4) is 0 Å². The summed E-state index contributed by atoms with van der Waals surface area (Å²) in [7, 11) is 0. The molecule has 0 radical (unpaired) electrons. The SMILES string of the molecule is O=C(CNC(=O)c1c[nH]c2ccccc2c1=O)NNC(=O)c1cc(Cl)ccc1O. The number of amides is 3. The van der Waals surface area contributed by atoms with Crippen molar-refractivity contribution >= 4 is 40.2 Å². The van der Waals surface area contributed by atoms with E-state index in [1.165, 1.54) is 24.4 Å². The van der Waals surface area contributed by atoms with Crippen LogP contribution in [-0.4, -0.2) is 34.4 Å². The largest absolute Gasteiger partial charge is 0.507 e. The van der Waals surface area contributed by atoms with Crippen molar-refractivity contribution in [3.8, 4) is 5.75 Å². The van der Waals surface area contributed by atoms with E-state index < -0.39 is 29.7 Å². The number of phenols is 1. The highest BCUT2D eigenvalue weighted by Crippen LogP contribution is 2.20. The van der Waals surface area contributed by atoms with Gasteiger partial charge in [0.15, 0.2) is 0 Å². The third kappa shape index (κ3) is 4.53. The van der Waals surface area contributed by atoms with Crippen LogP contribution >= 0.6 is 11.6 Å². The van der Waals surface area contributed by atoms with Gasteiger partial charge >= 0.3 is 0 Å². The third-order valence-corrected chi connectivity index (χ3v) is 4.20. The maximum Gasteiger partial charge on any atom is 0.273 e. The van der Waals surface area contributed by atoms with E-state index in [1.54, 1.807) is 24.3 Å². The fraction of sp³-hybridized carbons (Fsp3) is 0.0526. The Kier molecular flexibility index (Phi) is 5.79. The van der Waals surface area contributed by atoms with Crippen LogP contribution in [0, 0.1) is 0 Å². The molecule has 0 unspecified atom stereocenters. The van der Waals surface area contributed by atoms with Crippen LogP contribution in [0.4, 0.5) is 0 Å². The zero-order chi connectivity index (χ0) is 21.0. The van der Waals surface area contributed by atoms with Crippen LogP contribution in [-0.2, 0) is 4.79 Å². The molecule has 10 heteroatoms. The molecular weight excluding hydrogens is 400 g/mol. The van der Waals surface area contributed by atoms with Gasteiger partial charge < -0.3 is 15.4 Å². The lowest BCUT2D eigenvalue weighted by Crippen LogP contribution is -2.46. The van der Waals surface area contributed by atoms with Gasteiger partial charge in [0.05, 0.1) is 12.1 Å². The van der Waals surface area contributed by atoms with Crippen molar-refractivity contribution in [1.82, 2.24) is 21.2 Å². The molecule has 0 atom stereocenters. The second-order valence-corrected chi connectivity index (χ2v) is 6.36. The highest BCUT2D eigenvalue weighted by molar-refractivity contribution is 6.31. The van der Waals surface area contributed by atoms with Gasteiger partial charge in [-0.25, -0.2) is 0 Å². The normalized spacial score (nSPS) is 10.4. The molecule has 0 aliphatic heterocycles. The van der Waals surface area contributed by atoms with Crippen LogP contribution < -0.4 is 21.6 Å². The Morgan fingerprint density at radius 2 is 1.76 bits per heavy atom. The number of halogens is 1. The molecule has 5 N–H and O–H groups in total. The minimum Gasteiger partial charge on any atom is -0.507 e. The summed E-state index contributed by atoms with van der Waals surface area (Å²) in [5.41, 5.74) is 4.00. The lowest BCUT2D eigenvalue weighted by atomic mass is 10.1. The number of aromatic nitrogens is 1. The van der Waals surface area contributed by atoms with E-state index >= 15 is 0 Å². The van der Waals surface area contributed by atoms with Gasteiger partial charge in [0.25, 0.3) is 17.7 Å². The van der Waals surface area contributed by atoms with Crippen molar-refractivity contribution in [2.24, 2.45) is 0 Å². The van der Waals surface area contributed by atoms with Crippen molar-refractivity contribution in [3.63, 3.8) is 0 Å². The van der Waals surface area contributed by atoms with Gasteiger partial charge in [0.2, 0.25) is 5.43 Å². The number of para-hydroxylation sites is 1. The molecule has 29 heavy (non-hydrogen) atoms. The molecule has 0 aliphatic rings. The fourth-order valence-electron chi connectivity index (χ4n) is 2.52. The Morgan fingerprint density at radius 3 is 2.55 bits per heavy atom. The molecule has 0 spiro atoms. The summed E-state index contributed by atoms with van der Waals surface area (Å²) < 4.78 is 0. The molecule has 3 aromatic rings. The maximum absolute atomic E-state index is 12.4. The maximum atomic E-state index is 12.4. The summed E-state index contributed by atoms with van der Waals surface area (Å²) in [5, 5.41) is 12.5. The van der Waals surface area contributed by atoms with Crippen molar-refractivity contribution in [2.45, 2.75) is 0 Å². The Bertz CT molecular complexity index is 1170. The van der Waals surface area contributed by atoms with Crippen molar-refractivity contribution in [2.75, 3.05) is 6.54 Å². The molecule has 2 aromatic carbocycles. The highest BCUT2D eigenvalue weighted by atomic mass is 35.5. The van der Waals surface area contributed by atoms with Crippen molar-refractivity contribution in [3.05, 3.63) is 75.0 Å². The highest BCUT2D eigenvalue weighted by Gasteiger charge is 2.15. The number of fused-ring (bicyclic) bond motifs is 1. The first-order valence-corrected chi connectivity index (χ1v) is 8.71. The van der Waals surface area contributed by atoms with E-state index in [2.05, 4.69) is 21.2 Å². The van der Waals surface area contributed by atoms with Gasteiger partial charge in [-0.1, -0.05) is 23.7 Å². The van der Waals surface area contributed by atoms with Crippen LogP contribution in [0.2, 0.25) is 5.02 Å². The average Bonchev–Trinajstić information content (AvgIpc) is 2.72. The number of hydrogen-bond acceptors (Lipinski definition) is 5. The number of H-pyrrole nitrogens is 1. The zero-order valence-corrected chi connectivity index (χ0v) is 15.5. The number of benzene rings is 2. The molecule has 1 heterocycles. The molecule has 3 rings (SSSR count). The summed E-state index contributed by atoms with van der Waals surface area (Å²) in [6, 6.07) is 10.6. The minimum atomic E-state index is -0.796. The third-order valence-electron chi connectivity index (χ3n) is 3.96. The van der Waals surface area contributed by atoms with Gasteiger partial charge in [-0.2, -0.15) is 0 Å². The fourth-order valence-corrected chi connectivity index (χ4v) is 2.69. The number of pyridine rings is 1. The van der Waals surface area contributed by atoms with E-state index in [-0.39, 0.29) is 21.9 Å². The first-order chi connectivity index (χ1) is 13.9. The number of carbonyl (C=O) groups is 3. The van der Waals surface area contributed by atoms with Gasteiger partial charge in [0, 0.05) is 22.1 Å². The Balaban J connectivity index is 1.57. The zero-order valence-electron chi connectivity index (χ0n) is 14.8. The van der Waals surface area contributed by atoms with E-state index in [1.807, 2.05) is 0 Å². The van der Waals surface area contributed by atoms with E-state index in [4.69, 9.17) is 11.6 Å². The van der Waals surface area contributed by atoms with Crippen LogP contribution in [0.15, 0.2) is 53.5 Å². The molecule has 0 saturated carbocycles. The molecule has 0 fully saturated rings. The second kappa shape index (κ2) is 8.44. The summed E-state index contributed by atoms with van der Waals surface area (Å²) in [6.45, 7) is -0.493. The van der Waals surface area contributed by atoms with Crippen LogP contribution in [0.1, 0.15) is 20.7 Å². The van der Waals surface area contributed by atoms with Crippen LogP contribution in [0.25, 0.3) is 10.9 Å². The first kappa shape index (κ1) is 19.9. The number of nitrogens with one attached hydrogen (secondary N) is 4. The van der Waals surface area contributed by atoms with Crippen LogP contribution in [0.5, 0.6) is 5.75 Å². The monoisotopic (exact) mass is 414 g/mol. The predicted octanol–water partition coefficient (Wildman–Crippen LogP) is 1.08. The van der Waals surface area contributed by atoms with Gasteiger partial charge in [0.1, 0.15) is 11.3 Å². The topological polar surface area (TPSA) is 140 Å². The lowest BCUT2D eigenvalue weighted by Gasteiger charge is -2.09. The van der Waals surface area contributed by atoms with Gasteiger partial charge in [-0.15, -0.1) is 0 Å². The minimum absolute atomic E-state index is 0.135. The predicted molar refractivity (Wildman–Crippen MR) is 106 cm³/mol. The molecule has 0 aliphatic carbocycles. The van der Waals surface area contributed by atoms with Crippen molar-refractivity contribution < 1.29 is 19.5 Å². The molecule has 3 amide bonds. The quantitative estimate of drug-likeness (QED) is 0.406. The van der Waals surface area contributed by atoms with E-state index in [0.717, 1.165) is 0 Å². The number of phenolic OH excluding ortho intramolecular Hbond substituents is 1. The molecule has 0 saturated heterocycles. The smallest absolute Gasteiger partial charge is 0.273 e. The molecule has 0 bridgehead atoms. The Hall–Kier alpha value is -3.85. The summed E-state index contributed by atoms with van der Waals surface area (Å²) in [5.74, 6) is -2.60.